The van der Waals surface area contributed by atoms with Gasteiger partial charge in [0.15, 0.2) is 18.0 Å². The summed E-state index contributed by atoms with van der Waals surface area (Å²) in [5, 5.41) is 23.0. The quantitative estimate of drug-likeness (QED) is 0.192. The van der Waals surface area contributed by atoms with Gasteiger partial charge in [-0.15, -0.1) is 0 Å². The first-order valence-electron chi connectivity index (χ1n) is 13.0. The van der Waals surface area contributed by atoms with Crippen molar-refractivity contribution in [2.24, 2.45) is 0 Å². The normalized spacial score (nSPS) is 12.6. The Morgan fingerprint density at radius 3 is 2.30 bits per heavy atom. The molecule has 12 heteroatoms. The molecule has 3 heterocycles. The second kappa shape index (κ2) is 14.5. The van der Waals surface area contributed by atoms with Gasteiger partial charge in [-0.05, 0) is 62.6 Å². The predicted molar refractivity (Wildman–Crippen MR) is 154 cm³/mol. The lowest BCUT2D eigenvalue weighted by Gasteiger charge is -2.30. The van der Waals surface area contributed by atoms with Gasteiger partial charge in [0.05, 0.1) is 11.1 Å². The summed E-state index contributed by atoms with van der Waals surface area (Å²) in [5.74, 6) is -0.849. The molecule has 0 aliphatic rings. The molecule has 0 saturated carbocycles. The molecular weight excluding hydrogens is 583 g/mol. The van der Waals surface area contributed by atoms with Crippen LogP contribution in [0.1, 0.15) is 48.9 Å². The van der Waals surface area contributed by atoms with E-state index in [0.717, 1.165) is 28.0 Å². The summed E-state index contributed by atoms with van der Waals surface area (Å²) in [6.07, 6.45) is 2.66. The Morgan fingerprint density at radius 2 is 1.77 bits per heavy atom. The highest BCUT2D eigenvalue weighted by Gasteiger charge is 2.34. The zero-order chi connectivity index (χ0) is 31.6. The number of pyridine rings is 3. The maximum Gasteiger partial charge on any atom is 0.417 e. The van der Waals surface area contributed by atoms with E-state index in [0.29, 0.717) is 23.2 Å². The number of benzene rings is 1. The van der Waals surface area contributed by atoms with E-state index in [2.05, 4.69) is 21.4 Å². The van der Waals surface area contributed by atoms with E-state index in [1.165, 1.54) is 32.4 Å². The van der Waals surface area contributed by atoms with Gasteiger partial charge in [-0.2, -0.15) is 23.2 Å². The van der Waals surface area contributed by atoms with Gasteiger partial charge >= 0.3 is 6.18 Å². The molecule has 4 rings (SSSR count). The highest BCUT2D eigenvalue weighted by Crippen LogP contribution is 2.30. The number of ether oxygens (including phenoxy) is 1. The van der Waals surface area contributed by atoms with Crippen molar-refractivity contribution in [2.75, 3.05) is 0 Å². The molecule has 43 heavy (non-hydrogen) atoms. The molecule has 0 fully saturated rings. The molecule has 0 bridgehead atoms. The summed E-state index contributed by atoms with van der Waals surface area (Å²) in [6, 6.07) is 17.8. The molecule has 1 N–H and O–H groups in total. The van der Waals surface area contributed by atoms with Crippen molar-refractivity contribution in [2.45, 2.75) is 50.9 Å². The maximum absolute atomic E-state index is 13.1. The number of nitriles is 1. The number of halogens is 4. The van der Waals surface area contributed by atoms with Crippen LogP contribution in [0.25, 0.3) is 0 Å². The number of aromatic nitrogens is 3. The molecule has 224 valence electrons. The molecule has 2 atom stereocenters. The van der Waals surface area contributed by atoms with E-state index >= 15 is 0 Å². The predicted octanol–water partition coefficient (Wildman–Crippen LogP) is 6.03. The number of carbonyl (C=O) groups excluding carboxylic acids is 1. The lowest BCUT2D eigenvalue weighted by molar-refractivity contribution is -0.605. The van der Waals surface area contributed by atoms with Crippen molar-refractivity contribution in [3.63, 3.8) is 0 Å². The fourth-order valence-corrected chi connectivity index (χ4v) is 4.09. The molecule has 0 aliphatic carbocycles. The third kappa shape index (κ3) is 9.97. The van der Waals surface area contributed by atoms with Crippen molar-refractivity contribution in [1.82, 2.24) is 15.3 Å². The molecule has 0 radical (unpaired) electrons. The first kappa shape index (κ1) is 32.8. The molecule has 2 unspecified atom stereocenters. The molecule has 1 aromatic carbocycles. The average molecular weight is 612 g/mol. The third-order valence-electron chi connectivity index (χ3n) is 6.31. The Balaban J connectivity index is 0.000000633. The van der Waals surface area contributed by atoms with Crippen LogP contribution in [0.4, 0.5) is 13.2 Å². The minimum absolute atomic E-state index is 0.112. The summed E-state index contributed by atoms with van der Waals surface area (Å²) in [6.45, 7) is 4.82. The van der Waals surface area contributed by atoms with Crippen LogP contribution in [-0.2, 0) is 17.4 Å². The Labute approximate surface area is 252 Å². The van der Waals surface area contributed by atoms with E-state index in [-0.39, 0.29) is 11.8 Å². The fraction of sp³-hybridized carbons (Fsp3) is 0.258. The van der Waals surface area contributed by atoms with Crippen LogP contribution in [0.2, 0.25) is 5.02 Å². The maximum atomic E-state index is 13.1. The third-order valence-corrected chi connectivity index (χ3v) is 6.56. The average Bonchev–Trinajstić information content (AvgIpc) is 2.97. The molecule has 0 spiro atoms. The summed E-state index contributed by atoms with van der Waals surface area (Å²) in [4.78, 5) is 21.0. The largest absolute Gasteiger partial charge is 0.619 e. The molecule has 3 aromatic heterocycles. The topological polar surface area (TPSA) is 115 Å². The van der Waals surface area contributed by atoms with Crippen molar-refractivity contribution in [3.05, 3.63) is 124 Å². The molecule has 1 amide bonds. The van der Waals surface area contributed by atoms with Gasteiger partial charge in [-0.3, -0.25) is 9.78 Å². The lowest BCUT2D eigenvalue weighted by atomic mass is 9.86. The van der Waals surface area contributed by atoms with Crippen LogP contribution < -0.4 is 14.8 Å². The molecule has 0 aliphatic heterocycles. The number of amides is 1. The van der Waals surface area contributed by atoms with Gasteiger partial charge in [-0.25, -0.2) is 4.98 Å². The number of rotatable bonds is 8. The van der Waals surface area contributed by atoms with Crippen LogP contribution >= 0.6 is 11.6 Å². The van der Waals surface area contributed by atoms with E-state index in [1.807, 2.05) is 19.1 Å². The van der Waals surface area contributed by atoms with Crippen molar-refractivity contribution in [3.8, 4) is 11.9 Å². The molecular formula is C31H29ClF3N5O3. The first-order valence-corrected chi connectivity index (χ1v) is 13.4. The van der Waals surface area contributed by atoms with Gasteiger partial charge in [0.25, 0.3) is 5.91 Å². The molecule has 4 aromatic rings. The monoisotopic (exact) mass is 611 g/mol. The number of nitrogens with zero attached hydrogens (tertiary/aromatic N) is 4. The zero-order valence-corrected chi connectivity index (χ0v) is 24.3. The fourth-order valence-electron chi connectivity index (χ4n) is 3.96. The van der Waals surface area contributed by atoms with Crippen LogP contribution in [-0.4, -0.2) is 27.5 Å². The van der Waals surface area contributed by atoms with Gasteiger partial charge in [0.2, 0.25) is 5.88 Å². The van der Waals surface area contributed by atoms with Crippen LogP contribution in [0, 0.1) is 16.5 Å². The highest BCUT2D eigenvalue weighted by atomic mass is 35.5. The van der Waals surface area contributed by atoms with E-state index < -0.39 is 29.3 Å². The van der Waals surface area contributed by atoms with Gasteiger partial charge in [-0.1, -0.05) is 29.8 Å². The number of carbonyl (C=O) groups is 1. The Hall–Kier alpha value is -4.69. The van der Waals surface area contributed by atoms with Crippen molar-refractivity contribution in [1.29, 1.82) is 5.26 Å². The summed E-state index contributed by atoms with van der Waals surface area (Å²) in [5.41, 5.74) is -0.219. The number of hydrogen-bond donors (Lipinski definition) is 1. The highest BCUT2D eigenvalue weighted by molar-refractivity contribution is 6.30. The summed E-state index contributed by atoms with van der Waals surface area (Å²) >= 11 is 6.01. The van der Waals surface area contributed by atoms with E-state index in [1.54, 1.807) is 42.6 Å². The zero-order valence-electron chi connectivity index (χ0n) is 23.5. The standard InChI is InChI=1S/C26H24ClF3N4O2.C5H5NO/c1-16(34-24(35)25(2,3)36-23-9-6-20(15-33-23)26(28,29)30)22(11-17-4-7-21(27)8-5-17)19-10-18(12-31)13-32-14-19;7-6-4-2-1-3-5-6/h4-10,13-16,22H,11H2,1-3H3,(H,34,35);1-5H. The van der Waals surface area contributed by atoms with Gasteiger partial charge in [0, 0.05) is 53.8 Å². The number of hydrogen-bond acceptors (Lipinski definition) is 6. The van der Waals surface area contributed by atoms with E-state index in [9.17, 15) is 28.4 Å². The van der Waals surface area contributed by atoms with Crippen LogP contribution in [0.15, 0.2) is 91.6 Å². The number of alkyl halides is 3. The first-order chi connectivity index (χ1) is 20.3. The Morgan fingerprint density at radius 1 is 1.09 bits per heavy atom. The minimum Gasteiger partial charge on any atom is -0.619 e. The minimum atomic E-state index is -4.52. The van der Waals surface area contributed by atoms with E-state index in [4.69, 9.17) is 16.3 Å². The lowest BCUT2D eigenvalue weighted by Crippen LogP contribution is -2.51. The molecule has 8 nitrogen and oxygen atoms in total. The molecule has 0 saturated heterocycles. The van der Waals surface area contributed by atoms with Gasteiger partial charge in [0.1, 0.15) is 6.07 Å². The van der Waals surface area contributed by atoms with Crippen LogP contribution in [0.5, 0.6) is 5.88 Å². The Kier molecular flexibility index (Phi) is 11.0. The Bertz CT molecular complexity index is 1530. The SMILES string of the molecule is CC(NC(=O)C(C)(C)Oc1ccc(C(F)(F)F)cn1)C(Cc1ccc(Cl)cc1)c1cncc(C#N)c1.[O-][n+]1ccccc1. The smallest absolute Gasteiger partial charge is 0.417 e. The summed E-state index contributed by atoms with van der Waals surface area (Å²) in [7, 11) is 0. The summed E-state index contributed by atoms with van der Waals surface area (Å²) < 4.78 is 44.8. The van der Waals surface area contributed by atoms with Crippen molar-refractivity contribution >= 4 is 17.5 Å². The van der Waals surface area contributed by atoms with Crippen molar-refractivity contribution < 1.29 is 27.4 Å². The number of nitrogens with one attached hydrogen (secondary N) is 1. The second-order valence-electron chi connectivity index (χ2n) is 10.0. The second-order valence-corrected chi connectivity index (χ2v) is 10.5. The van der Waals surface area contributed by atoms with Crippen LogP contribution in [0.3, 0.4) is 0 Å². The van der Waals surface area contributed by atoms with Gasteiger partial charge < -0.3 is 15.3 Å².